The molecule has 0 amide bonds. The molecule has 2 aromatic rings. The van der Waals surface area contributed by atoms with Gasteiger partial charge in [0.25, 0.3) is 5.56 Å². The largest absolute Gasteiger partial charge is 0.494 e. The lowest BCUT2D eigenvalue weighted by Gasteiger charge is -2.20. The summed E-state index contributed by atoms with van der Waals surface area (Å²) in [7, 11) is 2.77. The molecule has 4 rings (SSSR count). The Labute approximate surface area is 186 Å². The molecule has 1 aromatic heterocycles. The number of pyridine rings is 1. The van der Waals surface area contributed by atoms with Gasteiger partial charge in [-0.2, -0.15) is 0 Å². The van der Waals surface area contributed by atoms with Gasteiger partial charge >= 0.3 is 5.97 Å². The smallest absolute Gasteiger partial charge is 0.343 e. The number of esters is 1. The molecule has 1 aromatic carbocycles. The highest BCUT2D eigenvalue weighted by Gasteiger charge is 2.28. The summed E-state index contributed by atoms with van der Waals surface area (Å²) in [5, 5.41) is 0. The minimum absolute atomic E-state index is 0.0214. The zero-order valence-corrected chi connectivity index (χ0v) is 18.6. The molecular formula is C24H29FN2O5. The van der Waals surface area contributed by atoms with E-state index in [0.29, 0.717) is 49.6 Å². The third kappa shape index (κ3) is 4.65. The summed E-state index contributed by atoms with van der Waals surface area (Å²) in [4.78, 5) is 27.7. The van der Waals surface area contributed by atoms with Gasteiger partial charge in [-0.15, -0.1) is 0 Å². The number of carbonyl (C=O) groups is 1. The zero-order valence-electron chi connectivity index (χ0n) is 18.6. The molecule has 0 bridgehead atoms. The van der Waals surface area contributed by atoms with Gasteiger partial charge in [0.2, 0.25) is 0 Å². The number of hydrogen-bond donors (Lipinski definition) is 0. The minimum atomic E-state index is -0.493. The summed E-state index contributed by atoms with van der Waals surface area (Å²) in [5.41, 5.74) is 1.62. The van der Waals surface area contributed by atoms with E-state index >= 15 is 0 Å². The Balaban J connectivity index is 1.59. The van der Waals surface area contributed by atoms with Gasteiger partial charge in [-0.1, -0.05) is 6.07 Å². The topological polar surface area (TPSA) is 70.0 Å². The van der Waals surface area contributed by atoms with Crippen molar-refractivity contribution in [1.82, 2.24) is 9.47 Å². The van der Waals surface area contributed by atoms with Gasteiger partial charge in [0.15, 0.2) is 11.6 Å². The maximum absolute atomic E-state index is 14.1. The molecular weight excluding hydrogens is 415 g/mol. The first-order chi connectivity index (χ1) is 15.5. The molecule has 2 heterocycles. The molecule has 8 heteroatoms. The fraction of sp³-hybridized carbons (Fsp3) is 0.500. The predicted molar refractivity (Wildman–Crippen MR) is 117 cm³/mol. The highest BCUT2D eigenvalue weighted by molar-refractivity contribution is 5.93. The summed E-state index contributed by atoms with van der Waals surface area (Å²) in [6.07, 6.45) is 4.52. The summed E-state index contributed by atoms with van der Waals surface area (Å²) in [6, 6.07) is 6.34. The molecule has 172 valence electrons. The number of benzene rings is 1. The van der Waals surface area contributed by atoms with Gasteiger partial charge < -0.3 is 18.8 Å². The SMILES string of the molecule is COC(=O)c1c(OC2CCCC2)cc(=O)n2c1CCN(Cc1ccc(OC)c(F)c1)CC2. The minimum Gasteiger partial charge on any atom is -0.494 e. The first-order valence-electron chi connectivity index (χ1n) is 11.1. The van der Waals surface area contributed by atoms with E-state index in [1.54, 1.807) is 10.6 Å². The van der Waals surface area contributed by atoms with E-state index in [2.05, 4.69) is 4.90 Å². The summed E-state index contributed by atoms with van der Waals surface area (Å²) >= 11 is 0. The summed E-state index contributed by atoms with van der Waals surface area (Å²) in [6.45, 7) is 2.18. The van der Waals surface area contributed by atoms with Crippen molar-refractivity contribution >= 4 is 5.97 Å². The predicted octanol–water partition coefficient (Wildman–Crippen LogP) is 3.16. The van der Waals surface area contributed by atoms with Gasteiger partial charge in [-0.25, -0.2) is 9.18 Å². The van der Waals surface area contributed by atoms with E-state index in [4.69, 9.17) is 14.2 Å². The lowest BCUT2D eigenvalue weighted by atomic mass is 10.1. The average molecular weight is 445 g/mol. The quantitative estimate of drug-likeness (QED) is 0.638. The van der Waals surface area contributed by atoms with Crippen molar-refractivity contribution in [3.05, 3.63) is 57.3 Å². The maximum Gasteiger partial charge on any atom is 0.343 e. The summed E-state index contributed by atoms with van der Waals surface area (Å²) in [5.74, 6) is -0.361. The highest BCUT2D eigenvalue weighted by Crippen LogP contribution is 2.29. The standard InChI is InChI=1S/C24H29FN2O5/c1-30-20-8-7-16(13-18(20)25)15-26-10-9-19-23(24(29)31-2)21(32-17-5-3-4-6-17)14-22(28)27(19)12-11-26/h7-8,13-14,17H,3-6,9-12,15H2,1-2H3. The monoisotopic (exact) mass is 444 g/mol. The molecule has 0 spiro atoms. The van der Waals surface area contributed by atoms with Crippen LogP contribution in [0.25, 0.3) is 0 Å². The molecule has 1 saturated carbocycles. The number of hydrogen-bond acceptors (Lipinski definition) is 6. The van der Waals surface area contributed by atoms with E-state index in [0.717, 1.165) is 31.2 Å². The van der Waals surface area contributed by atoms with Crippen LogP contribution in [0, 0.1) is 5.82 Å². The molecule has 0 unspecified atom stereocenters. The molecule has 0 saturated heterocycles. The van der Waals surface area contributed by atoms with Crippen LogP contribution in [0.1, 0.15) is 47.3 Å². The van der Waals surface area contributed by atoms with Gasteiger partial charge in [-0.05, 0) is 43.4 Å². The Morgan fingerprint density at radius 2 is 1.88 bits per heavy atom. The van der Waals surface area contributed by atoms with Crippen molar-refractivity contribution in [1.29, 1.82) is 0 Å². The Bertz CT molecular complexity index is 1050. The van der Waals surface area contributed by atoms with Crippen molar-refractivity contribution in [3.63, 3.8) is 0 Å². The fourth-order valence-corrected chi connectivity index (χ4v) is 4.62. The van der Waals surface area contributed by atoms with Crippen LogP contribution in [-0.2, 0) is 24.2 Å². The lowest BCUT2D eigenvalue weighted by Crippen LogP contribution is -2.29. The van der Waals surface area contributed by atoms with Crippen molar-refractivity contribution in [3.8, 4) is 11.5 Å². The van der Waals surface area contributed by atoms with Gasteiger partial charge in [0.1, 0.15) is 11.3 Å². The number of ether oxygens (including phenoxy) is 3. The number of rotatable bonds is 6. The first-order valence-corrected chi connectivity index (χ1v) is 11.1. The van der Waals surface area contributed by atoms with Crippen LogP contribution in [0.3, 0.4) is 0 Å². The molecule has 1 aliphatic carbocycles. The van der Waals surface area contributed by atoms with Gasteiger partial charge in [0, 0.05) is 44.4 Å². The van der Waals surface area contributed by atoms with Crippen molar-refractivity contribution in [2.45, 2.75) is 51.3 Å². The van der Waals surface area contributed by atoms with Crippen LogP contribution in [-0.4, -0.2) is 48.8 Å². The molecule has 32 heavy (non-hydrogen) atoms. The van der Waals surface area contributed by atoms with E-state index in [9.17, 15) is 14.0 Å². The second kappa shape index (κ2) is 9.73. The van der Waals surface area contributed by atoms with Gasteiger partial charge in [0.05, 0.1) is 20.3 Å². The normalized spacial score (nSPS) is 17.0. The highest BCUT2D eigenvalue weighted by atomic mass is 19.1. The number of nitrogens with zero attached hydrogens (tertiary/aromatic N) is 2. The molecule has 0 N–H and O–H groups in total. The number of fused-ring (bicyclic) bond motifs is 1. The van der Waals surface area contributed by atoms with Crippen molar-refractivity contribution in [2.75, 3.05) is 27.3 Å². The van der Waals surface area contributed by atoms with Crippen LogP contribution in [0.4, 0.5) is 4.39 Å². The van der Waals surface area contributed by atoms with E-state index in [1.807, 2.05) is 6.07 Å². The Hall–Kier alpha value is -2.87. The number of halogens is 1. The molecule has 1 fully saturated rings. The fourth-order valence-electron chi connectivity index (χ4n) is 4.62. The second-order valence-corrected chi connectivity index (χ2v) is 8.33. The zero-order chi connectivity index (χ0) is 22.7. The van der Waals surface area contributed by atoms with E-state index in [1.165, 1.54) is 26.4 Å². The van der Waals surface area contributed by atoms with Crippen LogP contribution in [0.15, 0.2) is 29.1 Å². The van der Waals surface area contributed by atoms with Gasteiger partial charge in [-0.3, -0.25) is 9.69 Å². The van der Waals surface area contributed by atoms with Crippen molar-refractivity contribution in [2.24, 2.45) is 0 Å². The Morgan fingerprint density at radius 3 is 2.56 bits per heavy atom. The molecule has 7 nitrogen and oxygen atoms in total. The third-order valence-corrected chi connectivity index (χ3v) is 6.29. The van der Waals surface area contributed by atoms with Crippen LogP contribution in [0.2, 0.25) is 0 Å². The molecule has 1 aliphatic heterocycles. The Kier molecular flexibility index (Phi) is 6.79. The first kappa shape index (κ1) is 22.3. The number of carbonyl (C=O) groups excluding carboxylic acids is 1. The van der Waals surface area contributed by atoms with E-state index in [-0.39, 0.29) is 17.4 Å². The maximum atomic E-state index is 14.1. The second-order valence-electron chi connectivity index (χ2n) is 8.33. The molecule has 0 atom stereocenters. The summed E-state index contributed by atoms with van der Waals surface area (Å²) < 4.78 is 31.9. The Morgan fingerprint density at radius 1 is 1.09 bits per heavy atom. The molecule has 2 aliphatic rings. The number of methoxy groups -OCH3 is 2. The van der Waals surface area contributed by atoms with Crippen LogP contribution < -0.4 is 15.0 Å². The molecule has 0 radical (unpaired) electrons. The van der Waals surface area contributed by atoms with Crippen LogP contribution in [0.5, 0.6) is 11.5 Å². The number of aromatic nitrogens is 1. The lowest BCUT2D eigenvalue weighted by molar-refractivity contribution is 0.0590. The van der Waals surface area contributed by atoms with Crippen LogP contribution >= 0.6 is 0 Å². The average Bonchev–Trinajstić information content (AvgIpc) is 3.20. The van der Waals surface area contributed by atoms with Crippen molar-refractivity contribution < 1.29 is 23.4 Å². The third-order valence-electron chi connectivity index (χ3n) is 6.29. The van der Waals surface area contributed by atoms with E-state index < -0.39 is 11.8 Å².